The Labute approximate surface area is 130 Å². The number of ketones is 1. The summed E-state index contributed by atoms with van der Waals surface area (Å²) in [6, 6.07) is 0. The molecule has 8 heteroatoms. The number of nitrogens with zero attached hydrogens (tertiary/aromatic N) is 2. The smallest absolute Gasteiger partial charge is 0.223 e. The average molecular weight is 312 g/mol. The monoisotopic (exact) mass is 312 g/mol. The molecule has 0 aromatic rings. The molecule has 0 aromatic heterocycles. The van der Waals surface area contributed by atoms with E-state index in [1.54, 1.807) is 7.11 Å². The Kier molecular flexibility index (Phi) is 6.32. The van der Waals surface area contributed by atoms with Crippen molar-refractivity contribution in [3.8, 4) is 0 Å². The van der Waals surface area contributed by atoms with Gasteiger partial charge in [0, 0.05) is 58.0 Å². The molecule has 2 rings (SSSR count). The van der Waals surface area contributed by atoms with Gasteiger partial charge in [-0.15, -0.1) is 0 Å². The van der Waals surface area contributed by atoms with Crippen molar-refractivity contribution < 1.29 is 19.4 Å². The molecule has 0 saturated carbocycles. The van der Waals surface area contributed by atoms with E-state index in [1.807, 2.05) is 4.90 Å². The van der Waals surface area contributed by atoms with Crippen molar-refractivity contribution in [3.05, 3.63) is 11.8 Å². The maximum atomic E-state index is 12.2. The van der Waals surface area contributed by atoms with Crippen LogP contribution in [0.4, 0.5) is 0 Å². The number of hydrogen-bond donors (Lipinski definition) is 3. The minimum atomic E-state index is -1.21. The number of rotatable bonds is 6. The first-order chi connectivity index (χ1) is 10.6. The molecule has 1 saturated heterocycles. The van der Waals surface area contributed by atoms with Crippen LogP contribution in [-0.4, -0.2) is 79.3 Å². The van der Waals surface area contributed by atoms with Crippen LogP contribution in [0.2, 0.25) is 0 Å². The number of allylic oxidation sites excluding steroid dienone is 1. The lowest BCUT2D eigenvalue weighted by atomic mass is 10.1. The third kappa shape index (κ3) is 4.77. The number of amides is 1. The van der Waals surface area contributed by atoms with Gasteiger partial charge in [-0.05, 0) is 6.42 Å². The molecule has 2 aliphatic heterocycles. The van der Waals surface area contributed by atoms with Crippen LogP contribution < -0.4 is 10.9 Å². The fraction of sp³-hybridized carbons (Fsp3) is 0.714. The summed E-state index contributed by atoms with van der Waals surface area (Å²) in [5, 5.41) is 9.21. The second-order valence-corrected chi connectivity index (χ2v) is 5.46. The molecule has 0 spiro atoms. The molecular weight excluding hydrogens is 288 g/mol. The molecule has 2 heterocycles. The van der Waals surface area contributed by atoms with Gasteiger partial charge >= 0.3 is 0 Å². The van der Waals surface area contributed by atoms with Crippen LogP contribution in [0.5, 0.6) is 0 Å². The minimum absolute atomic E-state index is 0.0904. The quantitative estimate of drug-likeness (QED) is 0.546. The number of methoxy groups -OCH3 is 1. The van der Waals surface area contributed by atoms with Crippen LogP contribution in [-0.2, 0) is 14.3 Å². The van der Waals surface area contributed by atoms with E-state index in [9.17, 15) is 14.7 Å². The minimum Gasteiger partial charge on any atom is -0.383 e. The predicted molar refractivity (Wildman–Crippen MR) is 79.5 cm³/mol. The topological polar surface area (TPSA) is 94.1 Å². The second kappa shape index (κ2) is 8.23. The highest BCUT2D eigenvalue weighted by Crippen LogP contribution is 2.09. The van der Waals surface area contributed by atoms with Gasteiger partial charge < -0.3 is 20.2 Å². The number of aliphatic hydroxyl groups is 1. The van der Waals surface area contributed by atoms with Crippen molar-refractivity contribution in [3.63, 3.8) is 0 Å². The summed E-state index contributed by atoms with van der Waals surface area (Å²) in [7, 11) is 1.69. The maximum Gasteiger partial charge on any atom is 0.223 e. The average Bonchev–Trinajstić information content (AvgIpc) is 2.54. The highest BCUT2D eigenvalue weighted by atomic mass is 16.5. The highest BCUT2D eigenvalue weighted by molar-refractivity contribution is 5.94. The zero-order valence-electron chi connectivity index (χ0n) is 12.9. The lowest BCUT2D eigenvalue weighted by Gasteiger charge is -2.34. The summed E-state index contributed by atoms with van der Waals surface area (Å²) in [6.45, 7) is 4.78. The molecule has 1 unspecified atom stereocenters. The number of aliphatic hydroxyl groups excluding tert-OH is 1. The van der Waals surface area contributed by atoms with E-state index >= 15 is 0 Å². The normalized spacial score (nSPS) is 23.2. The van der Waals surface area contributed by atoms with Crippen LogP contribution in [0.1, 0.15) is 12.8 Å². The Morgan fingerprint density at radius 1 is 1.41 bits per heavy atom. The fourth-order valence-corrected chi connectivity index (χ4v) is 2.49. The molecule has 3 N–H and O–H groups in total. The molecule has 0 aliphatic carbocycles. The van der Waals surface area contributed by atoms with Gasteiger partial charge in [0.05, 0.1) is 6.61 Å². The first kappa shape index (κ1) is 16.9. The van der Waals surface area contributed by atoms with Gasteiger partial charge in [-0.25, -0.2) is 5.43 Å². The first-order valence-electron chi connectivity index (χ1n) is 7.53. The zero-order valence-corrected chi connectivity index (χ0v) is 12.9. The first-order valence-corrected chi connectivity index (χ1v) is 7.53. The lowest BCUT2D eigenvalue weighted by molar-refractivity contribution is -0.133. The van der Waals surface area contributed by atoms with E-state index in [4.69, 9.17) is 4.74 Å². The van der Waals surface area contributed by atoms with Crippen molar-refractivity contribution in [1.29, 1.82) is 0 Å². The van der Waals surface area contributed by atoms with Crippen LogP contribution >= 0.6 is 0 Å². The molecule has 2 aliphatic rings. The third-order valence-corrected chi connectivity index (χ3v) is 3.90. The summed E-state index contributed by atoms with van der Waals surface area (Å²) in [4.78, 5) is 27.7. The van der Waals surface area contributed by atoms with Crippen LogP contribution in [0.25, 0.3) is 0 Å². The Hall–Kier alpha value is -1.48. The van der Waals surface area contributed by atoms with Gasteiger partial charge in [0.2, 0.25) is 11.7 Å². The molecule has 22 heavy (non-hydrogen) atoms. The molecule has 0 bridgehead atoms. The summed E-state index contributed by atoms with van der Waals surface area (Å²) < 4.78 is 5.05. The van der Waals surface area contributed by atoms with Gasteiger partial charge in [0.1, 0.15) is 0 Å². The van der Waals surface area contributed by atoms with Gasteiger partial charge in [-0.3, -0.25) is 14.5 Å². The van der Waals surface area contributed by atoms with Crippen molar-refractivity contribution in [2.24, 2.45) is 0 Å². The molecule has 8 nitrogen and oxygen atoms in total. The number of nitrogens with one attached hydrogen (secondary N) is 2. The van der Waals surface area contributed by atoms with Gasteiger partial charge in [0.25, 0.3) is 0 Å². The van der Waals surface area contributed by atoms with Crippen LogP contribution in [0.15, 0.2) is 11.8 Å². The molecule has 0 aromatic carbocycles. The van der Waals surface area contributed by atoms with E-state index in [0.29, 0.717) is 25.1 Å². The Morgan fingerprint density at radius 2 is 2.14 bits per heavy atom. The van der Waals surface area contributed by atoms with Crippen LogP contribution in [0, 0.1) is 0 Å². The van der Waals surface area contributed by atoms with E-state index in [2.05, 4.69) is 15.8 Å². The maximum absolute atomic E-state index is 12.2. The molecule has 1 amide bonds. The van der Waals surface area contributed by atoms with Crippen molar-refractivity contribution in [2.75, 3.05) is 46.4 Å². The van der Waals surface area contributed by atoms with Crippen molar-refractivity contribution in [2.45, 2.75) is 19.1 Å². The molecule has 1 fully saturated rings. The van der Waals surface area contributed by atoms with Gasteiger partial charge in [0.15, 0.2) is 6.23 Å². The Balaban J connectivity index is 1.70. The number of carbonyl (C=O) groups is 2. The molecule has 124 valence electrons. The number of hydrogen-bond acceptors (Lipinski definition) is 7. The van der Waals surface area contributed by atoms with E-state index in [0.717, 1.165) is 32.7 Å². The molecular formula is C14H24N4O4. The number of ether oxygens (including phenoxy) is 1. The van der Waals surface area contributed by atoms with E-state index in [-0.39, 0.29) is 5.91 Å². The fourth-order valence-electron chi connectivity index (χ4n) is 2.49. The van der Waals surface area contributed by atoms with E-state index in [1.165, 1.54) is 6.08 Å². The van der Waals surface area contributed by atoms with Crippen molar-refractivity contribution >= 4 is 11.7 Å². The Morgan fingerprint density at radius 3 is 2.77 bits per heavy atom. The van der Waals surface area contributed by atoms with E-state index < -0.39 is 12.0 Å². The Bertz CT molecular complexity index is 433. The summed E-state index contributed by atoms with van der Waals surface area (Å²) in [5.74, 6) is -0.305. The SMILES string of the molecule is COCCN1CCN(C(=O)CCC2=CC(=O)C(O)NN2)CC1. The van der Waals surface area contributed by atoms with Crippen molar-refractivity contribution in [1.82, 2.24) is 20.7 Å². The molecule has 1 atom stereocenters. The number of hydrazine groups is 1. The summed E-state index contributed by atoms with van der Waals surface area (Å²) >= 11 is 0. The van der Waals surface area contributed by atoms with Gasteiger partial charge in [-0.1, -0.05) is 0 Å². The third-order valence-electron chi connectivity index (χ3n) is 3.90. The highest BCUT2D eigenvalue weighted by Gasteiger charge is 2.22. The predicted octanol–water partition coefficient (Wildman–Crippen LogP) is -1.56. The number of carbonyl (C=O) groups excluding carboxylic acids is 2. The number of piperazine rings is 1. The summed E-state index contributed by atoms with van der Waals surface area (Å²) in [5.41, 5.74) is 5.82. The van der Waals surface area contributed by atoms with Gasteiger partial charge in [-0.2, -0.15) is 0 Å². The second-order valence-electron chi connectivity index (χ2n) is 5.46. The summed E-state index contributed by atoms with van der Waals surface area (Å²) in [6.07, 6.45) is 0.937. The standard InChI is InChI=1S/C14H24N4O4/c1-22-9-8-17-4-6-18(7-5-17)13(20)3-2-11-10-12(19)14(21)16-15-11/h10,14-16,21H,2-9H2,1H3. The van der Waals surface area contributed by atoms with Crippen LogP contribution in [0.3, 0.4) is 0 Å². The largest absolute Gasteiger partial charge is 0.383 e. The molecule has 0 radical (unpaired) electrons. The zero-order chi connectivity index (χ0) is 15.9. The lowest BCUT2D eigenvalue weighted by Crippen LogP contribution is -2.50.